The molecule has 0 aliphatic heterocycles. The first-order chi connectivity index (χ1) is 9.26. The van der Waals surface area contributed by atoms with E-state index < -0.39 is 0 Å². The largest absolute Gasteiger partial charge is 0.493 e. The van der Waals surface area contributed by atoms with E-state index in [2.05, 4.69) is 18.3 Å². The monoisotopic (exact) mass is 260 g/mol. The molecule has 0 spiro atoms. The van der Waals surface area contributed by atoms with Gasteiger partial charge in [-0.1, -0.05) is 6.92 Å². The van der Waals surface area contributed by atoms with E-state index in [9.17, 15) is 0 Å². The Bertz CT molecular complexity index is 426. The minimum Gasteiger partial charge on any atom is -0.493 e. The predicted octanol–water partition coefficient (Wildman–Crippen LogP) is 3.66. The molecule has 2 fully saturated rings. The number of ether oxygens (including phenoxy) is 1. The Balaban J connectivity index is 1.69. The van der Waals surface area contributed by atoms with E-state index in [4.69, 9.17) is 10.5 Å². The highest BCUT2D eigenvalue weighted by Gasteiger charge is 2.41. The van der Waals surface area contributed by atoms with Crippen LogP contribution in [0.5, 0.6) is 5.75 Å². The van der Waals surface area contributed by atoms with Crippen molar-refractivity contribution < 1.29 is 4.74 Å². The average Bonchev–Trinajstić information content (AvgIpc) is 3.27. The Kier molecular flexibility index (Phi) is 3.54. The van der Waals surface area contributed by atoms with Gasteiger partial charge in [0.15, 0.2) is 0 Å². The van der Waals surface area contributed by atoms with E-state index in [0.717, 1.165) is 42.0 Å². The topological polar surface area (TPSA) is 47.3 Å². The fourth-order valence-electron chi connectivity index (χ4n) is 2.73. The van der Waals surface area contributed by atoms with Crippen molar-refractivity contribution >= 4 is 11.4 Å². The van der Waals surface area contributed by atoms with Crippen molar-refractivity contribution in [2.24, 2.45) is 11.8 Å². The van der Waals surface area contributed by atoms with Gasteiger partial charge in [0, 0.05) is 29.5 Å². The Morgan fingerprint density at radius 3 is 2.47 bits per heavy atom. The van der Waals surface area contributed by atoms with Crippen molar-refractivity contribution in [2.75, 3.05) is 17.7 Å². The minimum atomic E-state index is 0.654. The summed E-state index contributed by atoms with van der Waals surface area (Å²) in [7, 11) is 0. The number of nitrogens with two attached hydrogens (primary N) is 1. The highest BCUT2D eigenvalue weighted by molar-refractivity contribution is 5.59. The molecule has 0 atom stereocenters. The zero-order valence-electron chi connectivity index (χ0n) is 11.7. The maximum absolute atomic E-state index is 5.97. The second-order valence-corrected chi connectivity index (χ2v) is 5.98. The van der Waals surface area contributed by atoms with Crippen LogP contribution in [0.15, 0.2) is 18.2 Å². The van der Waals surface area contributed by atoms with Gasteiger partial charge < -0.3 is 15.8 Å². The minimum absolute atomic E-state index is 0.654. The first-order valence-electron chi connectivity index (χ1n) is 7.56. The van der Waals surface area contributed by atoms with Crippen molar-refractivity contribution in [3.05, 3.63) is 18.2 Å². The second-order valence-electron chi connectivity index (χ2n) is 5.98. The zero-order chi connectivity index (χ0) is 13.2. The molecule has 2 saturated carbocycles. The van der Waals surface area contributed by atoms with E-state index in [0.29, 0.717) is 6.04 Å². The molecule has 3 rings (SSSR count). The van der Waals surface area contributed by atoms with Gasteiger partial charge in [-0.25, -0.2) is 0 Å². The lowest BCUT2D eigenvalue weighted by atomic mass is 10.1. The molecule has 2 aliphatic rings. The first kappa shape index (κ1) is 12.6. The predicted molar refractivity (Wildman–Crippen MR) is 79.5 cm³/mol. The van der Waals surface area contributed by atoms with Gasteiger partial charge in [0.25, 0.3) is 0 Å². The van der Waals surface area contributed by atoms with E-state index in [1.807, 2.05) is 12.1 Å². The second kappa shape index (κ2) is 5.32. The summed E-state index contributed by atoms with van der Waals surface area (Å²) in [6, 6.07) is 6.67. The van der Waals surface area contributed by atoms with Crippen LogP contribution in [0.2, 0.25) is 0 Å². The molecule has 0 aromatic heterocycles. The van der Waals surface area contributed by atoms with Crippen LogP contribution in [0, 0.1) is 11.8 Å². The summed E-state index contributed by atoms with van der Waals surface area (Å²) in [4.78, 5) is 0. The third-order valence-electron chi connectivity index (χ3n) is 3.99. The third-order valence-corrected chi connectivity index (χ3v) is 3.99. The molecule has 19 heavy (non-hydrogen) atoms. The van der Waals surface area contributed by atoms with Crippen LogP contribution in [0.1, 0.15) is 39.0 Å². The quantitative estimate of drug-likeness (QED) is 0.735. The van der Waals surface area contributed by atoms with Gasteiger partial charge in [-0.2, -0.15) is 0 Å². The molecule has 1 aromatic rings. The van der Waals surface area contributed by atoms with Crippen LogP contribution in [0.25, 0.3) is 0 Å². The van der Waals surface area contributed by atoms with Gasteiger partial charge in [0.1, 0.15) is 5.75 Å². The third kappa shape index (κ3) is 3.34. The lowest BCUT2D eigenvalue weighted by Gasteiger charge is -2.20. The van der Waals surface area contributed by atoms with Crippen LogP contribution < -0.4 is 15.8 Å². The van der Waals surface area contributed by atoms with Gasteiger partial charge in [-0.05, 0) is 50.0 Å². The molecule has 3 heteroatoms. The van der Waals surface area contributed by atoms with Gasteiger partial charge >= 0.3 is 0 Å². The van der Waals surface area contributed by atoms with Gasteiger partial charge in [-0.3, -0.25) is 0 Å². The Morgan fingerprint density at radius 1 is 1.21 bits per heavy atom. The van der Waals surface area contributed by atoms with Crippen molar-refractivity contribution in [3.63, 3.8) is 0 Å². The van der Waals surface area contributed by atoms with Crippen LogP contribution in [-0.2, 0) is 0 Å². The highest BCUT2D eigenvalue weighted by atomic mass is 16.5. The van der Waals surface area contributed by atoms with E-state index in [1.54, 1.807) is 0 Å². The number of nitrogen functional groups attached to an aromatic ring is 1. The molecule has 104 valence electrons. The maximum Gasteiger partial charge on any atom is 0.123 e. The number of anilines is 2. The fraction of sp³-hybridized carbons (Fsp3) is 0.625. The molecule has 0 amide bonds. The number of hydrogen-bond donors (Lipinski definition) is 2. The molecular weight excluding hydrogens is 236 g/mol. The Morgan fingerprint density at radius 2 is 1.89 bits per heavy atom. The summed E-state index contributed by atoms with van der Waals surface area (Å²) >= 11 is 0. The van der Waals surface area contributed by atoms with Crippen molar-refractivity contribution in [1.29, 1.82) is 0 Å². The Hall–Kier alpha value is -1.38. The SMILES string of the molecule is CCCOc1cc(N)cc(NC(C2CC2)C2CC2)c1. The van der Waals surface area contributed by atoms with Crippen molar-refractivity contribution in [3.8, 4) is 5.75 Å². The van der Waals surface area contributed by atoms with E-state index in [-0.39, 0.29) is 0 Å². The van der Waals surface area contributed by atoms with Gasteiger partial charge in [0.2, 0.25) is 0 Å². The maximum atomic E-state index is 5.97. The Labute approximate surface area is 115 Å². The van der Waals surface area contributed by atoms with Crippen LogP contribution in [-0.4, -0.2) is 12.6 Å². The van der Waals surface area contributed by atoms with Crippen LogP contribution >= 0.6 is 0 Å². The number of nitrogens with one attached hydrogen (secondary N) is 1. The molecule has 0 bridgehead atoms. The summed E-state index contributed by atoms with van der Waals surface area (Å²) < 4.78 is 5.69. The van der Waals surface area contributed by atoms with E-state index in [1.165, 1.54) is 25.7 Å². The molecule has 0 heterocycles. The van der Waals surface area contributed by atoms with Crippen molar-refractivity contribution in [1.82, 2.24) is 0 Å². The first-order valence-corrected chi connectivity index (χ1v) is 7.56. The molecule has 0 radical (unpaired) electrons. The van der Waals surface area contributed by atoms with Crippen molar-refractivity contribution in [2.45, 2.75) is 45.1 Å². The molecule has 3 nitrogen and oxygen atoms in total. The number of rotatable bonds is 7. The fourth-order valence-corrected chi connectivity index (χ4v) is 2.73. The van der Waals surface area contributed by atoms with Crippen LogP contribution in [0.3, 0.4) is 0 Å². The van der Waals surface area contributed by atoms with Gasteiger partial charge in [-0.15, -0.1) is 0 Å². The molecule has 0 saturated heterocycles. The lowest BCUT2D eigenvalue weighted by Crippen LogP contribution is -2.24. The zero-order valence-corrected chi connectivity index (χ0v) is 11.7. The molecule has 0 unspecified atom stereocenters. The molecular formula is C16H24N2O. The lowest BCUT2D eigenvalue weighted by molar-refractivity contribution is 0.317. The summed E-state index contributed by atoms with van der Waals surface area (Å²) in [6.07, 6.45) is 6.56. The summed E-state index contributed by atoms with van der Waals surface area (Å²) in [5.74, 6) is 2.65. The molecule has 1 aromatic carbocycles. The average molecular weight is 260 g/mol. The standard InChI is InChI=1S/C16H24N2O/c1-2-7-19-15-9-13(17)8-14(10-15)18-16(11-3-4-11)12-5-6-12/h8-12,16,18H,2-7,17H2,1H3. The number of benzene rings is 1. The van der Waals surface area contributed by atoms with Gasteiger partial charge in [0.05, 0.1) is 6.61 Å². The number of hydrogen-bond acceptors (Lipinski definition) is 3. The normalized spacial score (nSPS) is 18.6. The summed E-state index contributed by atoms with van der Waals surface area (Å²) in [6.45, 7) is 2.86. The smallest absolute Gasteiger partial charge is 0.123 e. The molecule has 2 aliphatic carbocycles. The highest BCUT2D eigenvalue weighted by Crippen LogP contribution is 2.46. The molecule has 3 N–H and O–H groups in total. The summed E-state index contributed by atoms with van der Waals surface area (Å²) in [5.41, 5.74) is 7.87. The van der Waals surface area contributed by atoms with E-state index >= 15 is 0 Å². The van der Waals surface area contributed by atoms with Crippen LogP contribution in [0.4, 0.5) is 11.4 Å². The summed E-state index contributed by atoms with van der Waals surface area (Å²) in [5, 5.41) is 3.70.